The molecule has 0 aliphatic carbocycles. The number of rotatable bonds is 6. The van der Waals surface area contributed by atoms with Gasteiger partial charge < -0.3 is 11.1 Å². The van der Waals surface area contributed by atoms with Gasteiger partial charge in [-0.2, -0.15) is 4.39 Å². The largest absolute Gasteiger partial charge is 0.320 e. The lowest BCUT2D eigenvalue weighted by atomic mass is 10.0. The van der Waals surface area contributed by atoms with Crippen LogP contribution in [0, 0.1) is 32.0 Å². The van der Waals surface area contributed by atoms with Crippen LogP contribution in [0.4, 0.5) is 21.5 Å². The Kier molecular flexibility index (Phi) is 5.46. The molecular formula is C12H15FN4O5. The Hall–Kier alpha value is -2.62. The molecule has 0 saturated heterocycles. The molecule has 1 aromatic carbocycles. The van der Waals surface area contributed by atoms with Crippen molar-refractivity contribution >= 4 is 23.0 Å². The molecule has 22 heavy (non-hydrogen) atoms. The van der Waals surface area contributed by atoms with Gasteiger partial charge in [0.25, 0.3) is 5.69 Å². The number of hydrogen-bond acceptors (Lipinski definition) is 6. The van der Waals surface area contributed by atoms with Crippen LogP contribution in [0.1, 0.15) is 20.3 Å². The van der Waals surface area contributed by atoms with E-state index >= 15 is 0 Å². The van der Waals surface area contributed by atoms with Crippen LogP contribution in [0.3, 0.4) is 0 Å². The molecule has 10 heteroatoms. The number of anilines is 1. The quantitative estimate of drug-likeness (QED) is 0.607. The summed E-state index contributed by atoms with van der Waals surface area (Å²) in [7, 11) is 0. The average molecular weight is 314 g/mol. The number of nitrogens with two attached hydrogens (primary N) is 1. The second-order valence-electron chi connectivity index (χ2n) is 5.06. The zero-order chi connectivity index (χ0) is 17.0. The number of amides is 1. The standard InChI is InChI=1S/C12H15FN4O5/c1-6(2)3-8(14)12(18)15-9-4-7(13)10(16(19)20)5-11(9)17(21)22/h4-6,8H,3,14H2,1-2H3,(H,15,18)/t8-/m0/s1. The third-order valence-corrected chi connectivity index (χ3v) is 2.78. The Balaban J connectivity index is 3.13. The van der Waals surface area contributed by atoms with Gasteiger partial charge in [-0.15, -0.1) is 0 Å². The number of hydrogen-bond donors (Lipinski definition) is 2. The molecule has 0 spiro atoms. The van der Waals surface area contributed by atoms with Crippen LogP contribution < -0.4 is 11.1 Å². The van der Waals surface area contributed by atoms with Gasteiger partial charge in [-0.1, -0.05) is 13.8 Å². The van der Waals surface area contributed by atoms with Crippen molar-refractivity contribution in [3.05, 3.63) is 38.2 Å². The van der Waals surface area contributed by atoms with E-state index in [1.165, 1.54) is 0 Å². The Bertz CT molecular complexity index is 620. The van der Waals surface area contributed by atoms with E-state index in [4.69, 9.17) is 5.73 Å². The molecule has 0 heterocycles. The highest BCUT2D eigenvalue weighted by Crippen LogP contribution is 2.31. The van der Waals surface area contributed by atoms with Crippen molar-refractivity contribution in [2.24, 2.45) is 11.7 Å². The first kappa shape index (κ1) is 17.4. The molecule has 0 fully saturated rings. The Morgan fingerprint density at radius 2 is 1.82 bits per heavy atom. The van der Waals surface area contributed by atoms with E-state index in [0.29, 0.717) is 18.6 Å². The van der Waals surface area contributed by atoms with Gasteiger partial charge in [-0.05, 0) is 12.3 Å². The summed E-state index contributed by atoms with van der Waals surface area (Å²) in [4.78, 5) is 31.3. The van der Waals surface area contributed by atoms with Gasteiger partial charge in [0.2, 0.25) is 11.7 Å². The van der Waals surface area contributed by atoms with Gasteiger partial charge >= 0.3 is 5.69 Å². The summed E-state index contributed by atoms with van der Waals surface area (Å²) in [6.45, 7) is 3.67. The van der Waals surface area contributed by atoms with Crippen LogP contribution in [0.5, 0.6) is 0 Å². The molecule has 120 valence electrons. The van der Waals surface area contributed by atoms with E-state index in [1.807, 2.05) is 13.8 Å². The lowest BCUT2D eigenvalue weighted by Crippen LogP contribution is -2.36. The summed E-state index contributed by atoms with van der Waals surface area (Å²) in [5.41, 5.74) is 3.33. The third-order valence-electron chi connectivity index (χ3n) is 2.78. The van der Waals surface area contributed by atoms with Crippen LogP contribution in [0.15, 0.2) is 12.1 Å². The van der Waals surface area contributed by atoms with Crippen molar-refractivity contribution in [3.8, 4) is 0 Å². The van der Waals surface area contributed by atoms with Crippen LogP contribution >= 0.6 is 0 Å². The lowest BCUT2D eigenvalue weighted by Gasteiger charge is -2.14. The number of nitro groups is 2. The SMILES string of the molecule is CC(C)C[C@H](N)C(=O)Nc1cc(F)c([N+](=O)[O-])cc1[N+](=O)[O-]. The van der Waals surface area contributed by atoms with Gasteiger partial charge in [0.05, 0.1) is 22.0 Å². The Labute approximate surface area is 124 Å². The number of carbonyl (C=O) groups is 1. The summed E-state index contributed by atoms with van der Waals surface area (Å²) in [5.74, 6) is -1.90. The van der Waals surface area contributed by atoms with Crippen LogP contribution in [-0.2, 0) is 4.79 Å². The monoisotopic (exact) mass is 314 g/mol. The van der Waals surface area contributed by atoms with Gasteiger partial charge in [0.15, 0.2) is 0 Å². The molecule has 0 aromatic heterocycles. The van der Waals surface area contributed by atoms with E-state index in [9.17, 15) is 29.4 Å². The molecular weight excluding hydrogens is 299 g/mol. The topological polar surface area (TPSA) is 141 Å². The summed E-state index contributed by atoms with van der Waals surface area (Å²) in [5, 5.41) is 23.6. The predicted molar refractivity (Wildman–Crippen MR) is 75.8 cm³/mol. The maximum Gasteiger partial charge on any atom is 0.311 e. The number of carbonyl (C=O) groups excluding carboxylic acids is 1. The van der Waals surface area contributed by atoms with E-state index < -0.39 is 44.7 Å². The molecule has 0 radical (unpaired) electrons. The summed E-state index contributed by atoms with van der Waals surface area (Å²) >= 11 is 0. The van der Waals surface area contributed by atoms with Crippen molar-refractivity contribution in [1.29, 1.82) is 0 Å². The van der Waals surface area contributed by atoms with Crippen molar-refractivity contribution in [2.45, 2.75) is 26.3 Å². The fourth-order valence-electron chi connectivity index (χ4n) is 1.78. The normalized spacial score (nSPS) is 12.0. The van der Waals surface area contributed by atoms with Gasteiger partial charge in [0, 0.05) is 6.07 Å². The molecule has 1 amide bonds. The minimum Gasteiger partial charge on any atom is -0.320 e. The molecule has 0 saturated carbocycles. The molecule has 1 rings (SSSR count). The Morgan fingerprint density at radius 3 is 2.27 bits per heavy atom. The van der Waals surface area contributed by atoms with Gasteiger partial charge in [-0.25, -0.2) is 0 Å². The van der Waals surface area contributed by atoms with E-state index in [-0.39, 0.29) is 5.92 Å². The molecule has 0 bridgehead atoms. The van der Waals surface area contributed by atoms with Crippen LogP contribution in [0.25, 0.3) is 0 Å². The van der Waals surface area contributed by atoms with Crippen molar-refractivity contribution in [3.63, 3.8) is 0 Å². The van der Waals surface area contributed by atoms with Crippen LogP contribution in [-0.4, -0.2) is 21.8 Å². The second-order valence-corrected chi connectivity index (χ2v) is 5.06. The lowest BCUT2D eigenvalue weighted by molar-refractivity contribution is -0.395. The zero-order valence-electron chi connectivity index (χ0n) is 11.9. The minimum atomic E-state index is -1.29. The predicted octanol–water partition coefficient (Wildman–Crippen LogP) is 1.95. The maximum absolute atomic E-state index is 13.6. The smallest absolute Gasteiger partial charge is 0.311 e. The highest BCUT2D eigenvalue weighted by atomic mass is 19.1. The average Bonchev–Trinajstić information content (AvgIpc) is 2.36. The number of halogens is 1. The fraction of sp³-hybridized carbons (Fsp3) is 0.417. The molecule has 1 atom stereocenters. The van der Waals surface area contributed by atoms with Gasteiger partial charge in [-0.3, -0.25) is 25.0 Å². The number of nitro benzene ring substituents is 2. The van der Waals surface area contributed by atoms with Gasteiger partial charge in [0.1, 0.15) is 5.69 Å². The zero-order valence-corrected chi connectivity index (χ0v) is 11.9. The summed E-state index contributed by atoms with van der Waals surface area (Å²) in [6, 6.07) is 0.0627. The number of nitrogens with zero attached hydrogens (tertiary/aromatic N) is 2. The van der Waals surface area contributed by atoms with E-state index in [1.54, 1.807) is 0 Å². The first-order chi connectivity index (χ1) is 10.1. The molecule has 0 aliphatic heterocycles. The second kappa shape index (κ2) is 6.89. The first-order valence-electron chi connectivity index (χ1n) is 6.32. The van der Waals surface area contributed by atoms with Crippen LogP contribution in [0.2, 0.25) is 0 Å². The highest BCUT2D eigenvalue weighted by Gasteiger charge is 2.27. The highest BCUT2D eigenvalue weighted by molar-refractivity contribution is 5.96. The minimum absolute atomic E-state index is 0.115. The number of nitrogens with one attached hydrogen (secondary N) is 1. The molecule has 0 unspecified atom stereocenters. The summed E-state index contributed by atoms with van der Waals surface area (Å²) < 4.78 is 13.6. The Morgan fingerprint density at radius 1 is 1.27 bits per heavy atom. The summed E-state index contributed by atoms with van der Waals surface area (Å²) in [6.07, 6.45) is 0.328. The first-order valence-corrected chi connectivity index (χ1v) is 6.32. The van der Waals surface area contributed by atoms with E-state index in [2.05, 4.69) is 5.32 Å². The van der Waals surface area contributed by atoms with Crippen molar-refractivity contribution in [2.75, 3.05) is 5.32 Å². The fourth-order valence-corrected chi connectivity index (χ4v) is 1.78. The van der Waals surface area contributed by atoms with Crippen molar-refractivity contribution < 1.29 is 19.0 Å². The van der Waals surface area contributed by atoms with Crippen molar-refractivity contribution in [1.82, 2.24) is 0 Å². The molecule has 0 aliphatic rings. The molecule has 3 N–H and O–H groups in total. The van der Waals surface area contributed by atoms with E-state index in [0.717, 1.165) is 0 Å². The number of benzene rings is 1. The molecule has 1 aromatic rings. The third kappa shape index (κ3) is 4.19. The maximum atomic E-state index is 13.6. The molecule has 9 nitrogen and oxygen atoms in total.